The van der Waals surface area contributed by atoms with Gasteiger partial charge in [0.25, 0.3) is 0 Å². The highest BCUT2D eigenvalue weighted by Gasteiger charge is 2.51. The van der Waals surface area contributed by atoms with Crippen molar-refractivity contribution in [2.45, 2.75) is 89.9 Å². The highest BCUT2D eigenvalue weighted by atomic mass is 16.7. The van der Waals surface area contributed by atoms with E-state index in [-0.39, 0.29) is 13.2 Å². The smallest absolute Gasteiger partial charge is 0.338 e. The van der Waals surface area contributed by atoms with Gasteiger partial charge in [0.15, 0.2) is 12.2 Å². The Labute approximate surface area is 286 Å². The van der Waals surface area contributed by atoms with Crippen molar-refractivity contribution < 1.29 is 28.5 Å². The molecular formula is C38H54N4O6. The third kappa shape index (κ3) is 7.99. The molecule has 4 fully saturated rings. The van der Waals surface area contributed by atoms with E-state index >= 15 is 0 Å². The molecule has 262 valence electrons. The number of carbonyl (C=O) groups excluding carboxylic acids is 2. The van der Waals surface area contributed by atoms with E-state index in [4.69, 9.17) is 18.9 Å². The Kier molecular flexibility index (Phi) is 11.6. The number of piperazine rings is 2. The van der Waals surface area contributed by atoms with Crippen LogP contribution in [0.1, 0.15) is 74.1 Å². The van der Waals surface area contributed by atoms with Gasteiger partial charge in [-0.15, -0.1) is 0 Å². The molecule has 10 nitrogen and oxygen atoms in total. The van der Waals surface area contributed by atoms with Crippen molar-refractivity contribution in [3.63, 3.8) is 0 Å². The van der Waals surface area contributed by atoms with E-state index in [9.17, 15) is 9.59 Å². The predicted octanol–water partition coefficient (Wildman–Crippen LogP) is 4.86. The fourth-order valence-electron chi connectivity index (χ4n) is 7.70. The Balaban J connectivity index is 0.952. The number of hydrogen-bond acceptors (Lipinski definition) is 10. The SMILES string of the molecule is CCCC(C)N1CCN(c2ccc(C(=O)OC3COC4C(OC(=O)c5ccc(N6CCN(C(C)CCC)CC6)cc5)COC34)cc2)CC1. The average Bonchev–Trinajstić information content (AvgIpc) is 3.71. The van der Waals surface area contributed by atoms with Gasteiger partial charge in [0.1, 0.15) is 12.2 Å². The van der Waals surface area contributed by atoms with E-state index in [2.05, 4.69) is 47.3 Å². The maximum atomic E-state index is 13.1. The Bertz CT molecular complexity index is 1240. The number of anilines is 2. The van der Waals surface area contributed by atoms with E-state index < -0.39 is 36.4 Å². The van der Waals surface area contributed by atoms with Crippen LogP contribution in [-0.2, 0) is 18.9 Å². The lowest BCUT2D eigenvalue weighted by atomic mass is 10.1. The van der Waals surface area contributed by atoms with Crippen LogP contribution < -0.4 is 9.80 Å². The van der Waals surface area contributed by atoms with Crippen molar-refractivity contribution >= 4 is 23.3 Å². The van der Waals surface area contributed by atoms with Gasteiger partial charge < -0.3 is 28.7 Å². The molecule has 4 saturated heterocycles. The summed E-state index contributed by atoms with van der Waals surface area (Å²) >= 11 is 0. The van der Waals surface area contributed by atoms with Crippen LogP contribution >= 0.6 is 0 Å². The van der Waals surface area contributed by atoms with Gasteiger partial charge in [0.2, 0.25) is 0 Å². The van der Waals surface area contributed by atoms with E-state index in [1.165, 1.54) is 25.7 Å². The second-order valence-corrected chi connectivity index (χ2v) is 13.9. The first-order chi connectivity index (χ1) is 23.3. The molecule has 6 rings (SSSR count). The van der Waals surface area contributed by atoms with Gasteiger partial charge in [0, 0.05) is 75.8 Å². The summed E-state index contributed by atoms with van der Waals surface area (Å²) < 4.78 is 23.6. The van der Waals surface area contributed by atoms with Gasteiger partial charge >= 0.3 is 11.9 Å². The first-order valence-electron chi connectivity index (χ1n) is 18.2. The summed E-state index contributed by atoms with van der Waals surface area (Å²) in [4.78, 5) is 36.0. The number of hydrogen-bond donors (Lipinski definition) is 0. The number of esters is 2. The lowest BCUT2D eigenvalue weighted by molar-refractivity contribution is -0.0287. The molecule has 6 unspecified atom stereocenters. The van der Waals surface area contributed by atoms with E-state index in [1.807, 2.05) is 48.5 Å². The minimum absolute atomic E-state index is 0.202. The maximum Gasteiger partial charge on any atom is 0.338 e. The molecule has 2 aromatic carbocycles. The lowest BCUT2D eigenvalue weighted by Crippen LogP contribution is -2.49. The van der Waals surface area contributed by atoms with Crippen LogP contribution in [0, 0.1) is 0 Å². The molecule has 48 heavy (non-hydrogen) atoms. The second kappa shape index (κ2) is 16.0. The minimum atomic E-state index is -0.561. The Morgan fingerprint density at radius 2 is 0.979 bits per heavy atom. The van der Waals surface area contributed by atoms with Crippen molar-refractivity contribution in [2.24, 2.45) is 0 Å². The van der Waals surface area contributed by atoms with E-state index in [1.54, 1.807) is 0 Å². The molecule has 4 aliphatic rings. The van der Waals surface area contributed by atoms with Gasteiger partial charge in [-0.3, -0.25) is 9.80 Å². The summed E-state index contributed by atoms with van der Waals surface area (Å²) in [5.41, 5.74) is 3.23. The number of ether oxygens (including phenoxy) is 4. The highest BCUT2D eigenvalue weighted by molar-refractivity contribution is 5.90. The van der Waals surface area contributed by atoms with Crippen LogP contribution in [0.5, 0.6) is 0 Å². The fraction of sp³-hybridized carbons (Fsp3) is 0.632. The molecule has 2 aromatic rings. The molecule has 0 radical (unpaired) electrons. The molecule has 0 aromatic heterocycles. The maximum absolute atomic E-state index is 13.1. The monoisotopic (exact) mass is 662 g/mol. The summed E-state index contributed by atoms with van der Waals surface area (Å²) in [7, 11) is 0. The number of rotatable bonds is 12. The molecule has 10 heteroatoms. The van der Waals surface area contributed by atoms with Gasteiger partial charge in [-0.05, 0) is 75.2 Å². The Morgan fingerprint density at radius 3 is 1.31 bits per heavy atom. The summed E-state index contributed by atoms with van der Waals surface area (Å²) in [5.74, 6) is -0.815. The summed E-state index contributed by atoms with van der Waals surface area (Å²) in [6.45, 7) is 17.6. The number of nitrogens with zero attached hydrogens (tertiary/aromatic N) is 4. The molecule has 4 aliphatic heterocycles. The summed E-state index contributed by atoms with van der Waals surface area (Å²) in [5, 5.41) is 0. The predicted molar refractivity (Wildman–Crippen MR) is 187 cm³/mol. The zero-order valence-corrected chi connectivity index (χ0v) is 29.2. The van der Waals surface area contributed by atoms with Gasteiger partial charge in [-0.25, -0.2) is 9.59 Å². The molecule has 4 heterocycles. The zero-order chi connectivity index (χ0) is 33.6. The zero-order valence-electron chi connectivity index (χ0n) is 29.2. The largest absolute Gasteiger partial charge is 0.453 e. The van der Waals surface area contributed by atoms with Gasteiger partial charge in [-0.1, -0.05) is 26.7 Å². The van der Waals surface area contributed by atoms with Crippen LogP contribution in [0.2, 0.25) is 0 Å². The van der Waals surface area contributed by atoms with Crippen molar-refractivity contribution in [3.8, 4) is 0 Å². The first-order valence-corrected chi connectivity index (χ1v) is 18.2. The first kappa shape index (κ1) is 34.7. The van der Waals surface area contributed by atoms with Crippen molar-refractivity contribution in [3.05, 3.63) is 59.7 Å². The molecule has 6 atom stereocenters. The van der Waals surface area contributed by atoms with E-state index in [0.29, 0.717) is 23.2 Å². The molecule has 0 amide bonds. The number of fused-ring (bicyclic) bond motifs is 1. The van der Waals surface area contributed by atoms with Crippen LogP contribution in [0.15, 0.2) is 48.5 Å². The van der Waals surface area contributed by atoms with Crippen LogP contribution in [0.25, 0.3) is 0 Å². The molecular weight excluding hydrogens is 608 g/mol. The normalized spacial score (nSPS) is 26.2. The van der Waals surface area contributed by atoms with Gasteiger partial charge in [0.05, 0.1) is 24.3 Å². The summed E-state index contributed by atoms with van der Waals surface area (Å²) in [6.07, 6.45) is 2.80. The third-order valence-electron chi connectivity index (χ3n) is 10.7. The standard InChI is InChI=1S/C38H54N4O6/c1-5-7-27(3)39-17-21-41(22-18-39)31-13-9-29(10-14-31)37(43)47-33-25-45-36-34(26-46-35(33)36)48-38(44)30-11-15-32(16-12-30)42-23-19-40(20-24-42)28(4)8-6-2/h9-16,27-28,33-36H,5-8,17-26H2,1-4H3. The van der Waals surface area contributed by atoms with Crippen LogP contribution in [0.4, 0.5) is 11.4 Å². The molecule has 0 bridgehead atoms. The Morgan fingerprint density at radius 1 is 0.625 bits per heavy atom. The van der Waals surface area contributed by atoms with Crippen LogP contribution in [0.3, 0.4) is 0 Å². The summed E-state index contributed by atoms with van der Waals surface area (Å²) in [6, 6.07) is 16.6. The Hall–Kier alpha value is -3.18. The third-order valence-corrected chi connectivity index (χ3v) is 10.7. The molecule has 0 spiro atoms. The van der Waals surface area contributed by atoms with Crippen LogP contribution in [-0.4, -0.2) is 124 Å². The highest BCUT2D eigenvalue weighted by Crippen LogP contribution is 2.32. The van der Waals surface area contributed by atoms with Crippen molar-refractivity contribution in [1.82, 2.24) is 9.80 Å². The second-order valence-electron chi connectivity index (χ2n) is 13.9. The topological polar surface area (TPSA) is 84.0 Å². The van der Waals surface area contributed by atoms with Crippen molar-refractivity contribution in [1.29, 1.82) is 0 Å². The number of carbonyl (C=O) groups is 2. The fourth-order valence-corrected chi connectivity index (χ4v) is 7.70. The minimum Gasteiger partial charge on any atom is -0.453 e. The van der Waals surface area contributed by atoms with Gasteiger partial charge in [-0.2, -0.15) is 0 Å². The quantitative estimate of drug-likeness (QED) is 0.294. The number of benzene rings is 2. The average molecular weight is 663 g/mol. The molecule has 0 saturated carbocycles. The lowest BCUT2D eigenvalue weighted by Gasteiger charge is -2.39. The molecule has 0 aliphatic carbocycles. The van der Waals surface area contributed by atoms with Crippen molar-refractivity contribution in [2.75, 3.05) is 75.4 Å². The van der Waals surface area contributed by atoms with E-state index in [0.717, 1.165) is 63.7 Å². The molecule has 0 N–H and O–H groups in total.